The van der Waals surface area contributed by atoms with E-state index in [1.54, 1.807) is 0 Å². The van der Waals surface area contributed by atoms with E-state index in [9.17, 15) is 4.79 Å². The molecular formula is C10H10Br3NO2S. The summed E-state index contributed by atoms with van der Waals surface area (Å²) in [6.45, 7) is 1.92. The van der Waals surface area contributed by atoms with Gasteiger partial charge in [0.25, 0.3) is 5.91 Å². The van der Waals surface area contributed by atoms with Crippen molar-refractivity contribution >= 4 is 65.0 Å². The molecule has 1 aliphatic heterocycles. The first-order valence-electron chi connectivity index (χ1n) is 5.03. The molecule has 17 heavy (non-hydrogen) atoms. The summed E-state index contributed by atoms with van der Waals surface area (Å²) in [5.74, 6) is 0.0793. The minimum absolute atomic E-state index is 0.0793. The number of nitrogens with zero attached hydrogens (tertiary/aromatic N) is 1. The number of carbonyl (C=O) groups excluding carboxylic acids is 1. The number of halogens is 3. The number of carbonyl (C=O) groups is 1. The van der Waals surface area contributed by atoms with E-state index < -0.39 is 0 Å². The second-order valence-electron chi connectivity index (χ2n) is 3.63. The zero-order valence-electron chi connectivity index (χ0n) is 8.79. The largest absolute Gasteiger partial charge is 0.374 e. The van der Waals surface area contributed by atoms with Gasteiger partial charge >= 0.3 is 0 Å². The minimum atomic E-state index is 0.0793. The monoisotopic (exact) mass is 445 g/mol. The van der Waals surface area contributed by atoms with E-state index >= 15 is 0 Å². The van der Waals surface area contributed by atoms with Crippen molar-refractivity contribution in [3.63, 3.8) is 0 Å². The molecule has 0 aliphatic carbocycles. The Kier molecular flexibility index (Phi) is 5.06. The number of amides is 1. The summed E-state index contributed by atoms with van der Waals surface area (Å²) in [5.41, 5.74) is 0. The topological polar surface area (TPSA) is 29.5 Å². The number of thiophene rings is 1. The van der Waals surface area contributed by atoms with Crippen LogP contribution in [0.4, 0.5) is 0 Å². The zero-order chi connectivity index (χ0) is 12.4. The summed E-state index contributed by atoms with van der Waals surface area (Å²) in [6, 6.07) is 1.86. The Labute approximate surface area is 129 Å². The molecule has 1 atom stereocenters. The molecule has 0 bridgehead atoms. The standard InChI is InChI=1S/C10H10Br3NO2S/c11-4-6-5-14(1-2-16-6)10(15)8-3-7(12)9(13)17-8/h3,6H,1-2,4-5H2. The SMILES string of the molecule is O=C(c1cc(Br)c(Br)s1)N1CCOC(CBr)C1. The number of hydrogen-bond donors (Lipinski definition) is 0. The summed E-state index contributed by atoms with van der Waals surface area (Å²) in [7, 11) is 0. The van der Waals surface area contributed by atoms with Crippen molar-refractivity contribution in [1.82, 2.24) is 4.90 Å². The first-order chi connectivity index (χ1) is 8.11. The third kappa shape index (κ3) is 3.32. The van der Waals surface area contributed by atoms with Gasteiger partial charge in [-0.15, -0.1) is 11.3 Å². The van der Waals surface area contributed by atoms with Crippen LogP contribution in [0.5, 0.6) is 0 Å². The van der Waals surface area contributed by atoms with Gasteiger partial charge in [-0.25, -0.2) is 0 Å². The Balaban J connectivity index is 2.09. The van der Waals surface area contributed by atoms with Crippen LogP contribution in [0, 0.1) is 0 Å². The zero-order valence-corrected chi connectivity index (χ0v) is 14.4. The molecule has 2 rings (SSSR count). The summed E-state index contributed by atoms with van der Waals surface area (Å²) in [5, 5.41) is 0.759. The highest BCUT2D eigenvalue weighted by Gasteiger charge is 2.25. The van der Waals surface area contributed by atoms with Gasteiger partial charge in [-0.3, -0.25) is 4.79 Å². The molecule has 2 heterocycles. The molecule has 7 heteroatoms. The van der Waals surface area contributed by atoms with Crippen LogP contribution in [0.25, 0.3) is 0 Å². The smallest absolute Gasteiger partial charge is 0.264 e. The first-order valence-corrected chi connectivity index (χ1v) is 8.56. The molecule has 1 amide bonds. The molecule has 0 radical (unpaired) electrons. The lowest BCUT2D eigenvalue weighted by Crippen LogP contribution is -2.46. The minimum Gasteiger partial charge on any atom is -0.374 e. The summed E-state index contributed by atoms with van der Waals surface area (Å²) >= 11 is 11.6. The second kappa shape index (κ2) is 6.14. The Hall–Kier alpha value is 0.570. The van der Waals surface area contributed by atoms with Crippen LogP contribution in [-0.4, -0.2) is 41.9 Å². The van der Waals surface area contributed by atoms with Crippen molar-refractivity contribution in [2.24, 2.45) is 0 Å². The van der Waals surface area contributed by atoms with Gasteiger partial charge in [0.1, 0.15) is 0 Å². The molecule has 1 aliphatic rings. The highest BCUT2D eigenvalue weighted by molar-refractivity contribution is 9.13. The van der Waals surface area contributed by atoms with Gasteiger partial charge < -0.3 is 9.64 Å². The predicted octanol–water partition coefficient (Wildman–Crippen LogP) is 3.51. The first kappa shape index (κ1) is 14.0. The Bertz CT molecular complexity index is 404. The van der Waals surface area contributed by atoms with Gasteiger partial charge in [0.2, 0.25) is 0 Å². The average Bonchev–Trinajstić information content (AvgIpc) is 2.69. The maximum Gasteiger partial charge on any atom is 0.264 e. The van der Waals surface area contributed by atoms with Gasteiger partial charge in [0, 0.05) is 22.9 Å². The number of rotatable bonds is 2. The van der Waals surface area contributed by atoms with Crippen molar-refractivity contribution in [2.75, 3.05) is 25.0 Å². The maximum absolute atomic E-state index is 12.3. The van der Waals surface area contributed by atoms with E-state index in [4.69, 9.17) is 4.74 Å². The average molecular weight is 448 g/mol. The lowest BCUT2D eigenvalue weighted by atomic mass is 10.3. The van der Waals surface area contributed by atoms with Gasteiger partial charge in [0.05, 0.1) is 21.4 Å². The maximum atomic E-state index is 12.3. The molecule has 1 fully saturated rings. The van der Waals surface area contributed by atoms with Crippen LogP contribution < -0.4 is 0 Å². The van der Waals surface area contributed by atoms with Crippen molar-refractivity contribution in [2.45, 2.75) is 6.10 Å². The fourth-order valence-electron chi connectivity index (χ4n) is 1.60. The third-order valence-corrected chi connectivity index (χ3v) is 6.42. The van der Waals surface area contributed by atoms with Crippen molar-refractivity contribution in [1.29, 1.82) is 0 Å². The lowest BCUT2D eigenvalue weighted by Gasteiger charge is -2.31. The van der Waals surface area contributed by atoms with Gasteiger partial charge in [0.15, 0.2) is 0 Å². The van der Waals surface area contributed by atoms with E-state index in [-0.39, 0.29) is 12.0 Å². The Morgan fingerprint density at radius 2 is 2.35 bits per heavy atom. The summed E-state index contributed by atoms with van der Waals surface area (Å²) in [4.78, 5) is 14.8. The van der Waals surface area contributed by atoms with Crippen LogP contribution in [0.15, 0.2) is 14.3 Å². The van der Waals surface area contributed by atoms with E-state index in [1.807, 2.05) is 11.0 Å². The molecular weight excluding hydrogens is 438 g/mol. The van der Waals surface area contributed by atoms with Crippen molar-refractivity contribution in [3.8, 4) is 0 Å². The number of ether oxygens (including phenoxy) is 1. The Morgan fingerprint density at radius 1 is 1.59 bits per heavy atom. The normalized spacial score (nSPS) is 20.6. The van der Waals surface area contributed by atoms with E-state index in [2.05, 4.69) is 47.8 Å². The third-order valence-electron chi connectivity index (χ3n) is 2.45. The summed E-state index contributed by atoms with van der Waals surface area (Å²) in [6.07, 6.45) is 0.0968. The van der Waals surface area contributed by atoms with Crippen LogP contribution in [0.3, 0.4) is 0 Å². The van der Waals surface area contributed by atoms with Crippen LogP contribution in [-0.2, 0) is 4.74 Å². The van der Waals surface area contributed by atoms with Gasteiger partial charge in [-0.1, -0.05) is 15.9 Å². The molecule has 1 unspecified atom stereocenters. The van der Waals surface area contributed by atoms with Crippen LogP contribution in [0.2, 0.25) is 0 Å². The fourth-order valence-corrected chi connectivity index (χ4v) is 4.00. The Morgan fingerprint density at radius 3 is 2.94 bits per heavy atom. The highest BCUT2D eigenvalue weighted by atomic mass is 79.9. The highest BCUT2D eigenvalue weighted by Crippen LogP contribution is 2.33. The number of morpholine rings is 1. The van der Waals surface area contributed by atoms with Crippen LogP contribution in [0.1, 0.15) is 9.67 Å². The molecule has 1 aromatic heterocycles. The second-order valence-corrected chi connectivity index (χ2v) is 7.50. The fraction of sp³-hybridized carbons (Fsp3) is 0.500. The summed E-state index contributed by atoms with van der Waals surface area (Å²) < 4.78 is 7.39. The quantitative estimate of drug-likeness (QED) is 0.649. The lowest BCUT2D eigenvalue weighted by molar-refractivity contribution is -0.00945. The van der Waals surface area contributed by atoms with Crippen LogP contribution >= 0.6 is 59.1 Å². The molecule has 0 N–H and O–H groups in total. The predicted molar refractivity (Wildman–Crippen MR) is 79.2 cm³/mol. The molecule has 0 aromatic carbocycles. The van der Waals surface area contributed by atoms with E-state index in [1.165, 1.54) is 11.3 Å². The van der Waals surface area contributed by atoms with E-state index in [0.717, 1.165) is 18.5 Å². The van der Waals surface area contributed by atoms with Crippen molar-refractivity contribution < 1.29 is 9.53 Å². The van der Waals surface area contributed by atoms with Gasteiger partial charge in [-0.05, 0) is 37.9 Å². The van der Waals surface area contributed by atoms with Crippen molar-refractivity contribution in [3.05, 3.63) is 19.2 Å². The van der Waals surface area contributed by atoms with Gasteiger partial charge in [-0.2, -0.15) is 0 Å². The number of alkyl halides is 1. The number of hydrogen-bond acceptors (Lipinski definition) is 3. The van der Waals surface area contributed by atoms with E-state index in [0.29, 0.717) is 19.7 Å². The molecule has 1 aromatic rings. The molecule has 0 saturated carbocycles. The molecule has 0 spiro atoms. The molecule has 1 saturated heterocycles. The molecule has 3 nitrogen and oxygen atoms in total. The molecule has 94 valence electrons.